The van der Waals surface area contributed by atoms with E-state index in [1.807, 2.05) is 0 Å². The van der Waals surface area contributed by atoms with Crippen molar-refractivity contribution in [1.29, 1.82) is 5.26 Å². The molecular weight excluding hydrogens is 476 g/mol. The zero-order chi connectivity index (χ0) is 25.4. The fourth-order valence-electron chi connectivity index (χ4n) is 3.99. The van der Waals surface area contributed by atoms with Crippen LogP contribution in [-0.2, 0) is 16.4 Å². The average Bonchev–Trinajstić information content (AvgIpc) is 3.41. The van der Waals surface area contributed by atoms with Gasteiger partial charge in [-0.3, -0.25) is 9.78 Å². The molecule has 0 unspecified atom stereocenters. The van der Waals surface area contributed by atoms with Crippen molar-refractivity contribution >= 4 is 27.4 Å². The maximum Gasteiger partial charge on any atom is 0.251 e. The highest BCUT2D eigenvalue weighted by Gasteiger charge is 2.21. The van der Waals surface area contributed by atoms with Crippen molar-refractivity contribution in [3.8, 4) is 6.19 Å². The minimum absolute atomic E-state index is 0.0671. The summed E-state index contributed by atoms with van der Waals surface area (Å²) < 4.78 is 26.4. The second-order valence-electron chi connectivity index (χ2n) is 8.40. The minimum atomic E-state index is -3.81. The Bertz CT molecular complexity index is 1380. The number of benzene rings is 2. The highest BCUT2D eigenvalue weighted by Crippen LogP contribution is 2.23. The van der Waals surface area contributed by atoms with E-state index in [2.05, 4.69) is 25.9 Å². The number of aromatic nitrogens is 1. The summed E-state index contributed by atoms with van der Waals surface area (Å²) in [6.07, 6.45) is 9.07. The van der Waals surface area contributed by atoms with Gasteiger partial charge in [0.25, 0.3) is 5.91 Å². The van der Waals surface area contributed by atoms with Crippen LogP contribution in [0.25, 0.3) is 0 Å². The van der Waals surface area contributed by atoms with E-state index in [-0.39, 0.29) is 27.7 Å². The normalized spacial score (nSPS) is 14.1. The van der Waals surface area contributed by atoms with Gasteiger partial charge in [0.2, 0.25) is 22.0 Å². The molecule has 1 aliphatic rings. The Hall–Kier alpha value is -4.23. The number of nitrogens with zero attached hydrogens (tertiary/aromatic N) is 3. The molecule has 1 aliphatic carbocycles. The lowest BCUT2D eigenvalue weighted by Gasteiger charge is -2.13. The second kappa shape index (κ2) is 11.5. The Morgan fingerprint density at radius 3 is 2.44 bits per heavy atom. The molecule has 0 bridgehead atoms. The van der Waals surface area contributed by atoms with Crippen molar-refractivity contribution in [2.24, 2.45) is 4.99 Å². The number of guanidine groups is 1. The maximum atomic E-state index is 13.2. The van der Waals surface area contributed by atoms with Crippen LogP contribution >= 0.6 is 0 Å². The van der Waals surface area contributed by atoms with E-state index in [0.29, 0.717) is 17.8 Å². The number of hydrogen-bond acceptors (Lipinski definition) is 6. The molecule has 1 aromatic heterocycles. The molecule has 1 amide bonds. The quantitative estimate of drug-likeness (QED) is 0.255. The van der Waals surface area contributed by atoms with Gasteiger partial charge in [-0.2, -0.15) is 5.26 Å². The van der Waals surface area contributed by atoms with Gasteiger partial charge in [-0.25, -0.2) is 8.42 Å². The summed E-state index contributed by atoms with van der Waals surface area (Å²) in [7, 11) is -3.81. The smallest absolute Gasteiger partial charge is 0.251 e. The van der Waals surface area contributed by atoms with E-state index < -0.39 is 9.84 Å². The molecule has 0 spiro atoms. The van der Waals surface area contributed by atoms with Gasteiger partial charge in [0.05, 0.1) is 9.79 Å². The number of carbonyl (C=O) groups excluding carboxylic acids is 1. The number of carbonyl (C=O) groups is 1. The third-order valence-corrected chi connectivity index (χ3v) is 7.66. The van der Waals surface area contributed by atoms with Gasteiger partial charge in [-0.1, -0.05) is 31.0 Å². The lowest BCUT2D eigenvalue weighted by Crippen LogP contribution is -2.32. The molecule has 0 aliphatic heterocycles. The highest BCUT2D eigenvalue weighted by atomic mass is 32.2. The Balaban J connectivity index is 1.42. The van der Waals surface area contributed by atoms with Gasteiger partial charge in [0.1, 0.15) is 0 Å². The van der Waals surface area contributed by atoms with Crippen LogP contribution in [0, 0.1) is 11.5 Å². The van der Waals surface area contributed by atoms with Crippen molar-refractivity contribution in [1.82, 2.24) is 15.6 Å². The largest absolute Gasteiger partial charge is 0.351 e. The summed E-state index contributed by atoms with van der Waals surface area (Å²) >= 11 is 0. The van der Waals surface area contributed by atoms with Gasteiger partial charge >= 0.3 is 0 Å². The molecule has 0 atom stereocenters. The first-order chi connectivity index (χ1) is 17.5. The number of pyridine rings is 1. The summed E-state index contributed by atoms with van der Waals surface area (Å²) in [5, 5.41) is 18.0. The van der Waals surface area contributed by atoms with Gasteiger partial charge in [0, 0.05) is 36.2 Å². The van der Waals surface area contributed by atoms with Crippen molar-refractivity contribution in [3.05, 3.63) is 84.2 Å². The number of rotatable bonds is 7. The molecule has 184 valence electrons. The van der Waals surface area contributed by atoms with E-state index in [1.54, 1.807) is 55.0 Å². The molecule has 2 aromatic carbocycles. The molecule has 3 N–H and O–H groups in total. The fourth-order valence-corrected chi connectivity index (χ4v) is 5.29. The zero-order valence-corrected chi connectivity index (χ0v) is 20.3. The van der Waals surface area contributed by atoms with Gasteiger partial charge in [-0.05, 0) is 60.9 Å². The summed E-state index contributed by atoms with van der Waals surface area (Å²) in [5.74, 6) is 0.00341. The highest BCUT2D eigenvalue weighted by molar-refractivity contribution is 7.91. The first kappa shape index (κ1) is 24.9. The lowest BCUT2D eigenvalue weighted by atomic mass is 10.2. The van der Waals surface area contributed by atoms with E-state index >= 15 is 0 Å². The topological polar surface area (TPSA) is 136 Å². The first-order valence-corrected chi connectivity index (χ1v) is 13.1. The number of anilines is 1. The molecule has 3 aromatic rings. The third kappa shape index (κ3) is 6.25. The molecule has 1 fully saturated rings. The molecule has 36 heavy (non-hydrogen) atoms. The van der Waals surface area contributed by atoms with Gasteiger partial charge in [-0.15, -0.1) is 4.99 Å². The van der Waals surface area contributed by atoms with Gasteiger partial charge in [0.15, 0.2) is 0 Å². The third-order valence-electron chi connectivity index (χ3n) is 5.90. The number of nitriles is 1. The zero-order valence-electron chi connectivity index (χ0n) is 19.5. The Morgan fingerprint density at radius 1 is 1.03 bits per heavy atom. The predicted octanol–water partition coefficient (Wildman–Crippen LogP) is 3.63. The lowest BCUT2D eigenvalue weighted by molar-refractivity contribution is 0.0937. The SMILES string of the molecule is N#CN=C(NCc1ccc(S(=O)(=O)c2cccc(C(=O)NC3CCCC3)c2)cc1)Nc1ccncc1. The number of nitrogens with one attached hydrogen (secondary N) is 3. The van der Waals surface area contributed by atoms with E-state index in [1.165, 1.54) is 24.3 Å². The summed E-state index contributed by atoms with van der Waals surface area (Å²) in [6.45, 7) is 0.315. The van der Waals surface area contributed by atoms with Crippen molar-refractivity contribution in [2.45, 2.75) is 48.1 Å². The van der Waals surface area contributed by atoms with Crippen molar-refractivity contribution in [2.75, 3.05) is 5.32 Å². The van der Waals surface area contributed by atoms with Crippen LogP contribution in [0.4, 0.5) is 5.69 Å². The number of hydrogen-bond donors (Lipinski definition) is 3. The predicted molar refractivity (Wildman–Crippen MR) is 136 cm³/mol. The summed E-state index contributed by atoms with van der Waals surface area (Å²) in [6, 6.07) is 16.2. The molecule has 10 heteroatoms. The van der Waals surface area contributed by atoms with Crippen LogP contribution in [0.5, 0.6) is 0 Å². The summed E-state index contributed by atoms with van der Waals surface area (Å²) in [5.41, 5.74) is 1.84. The molecule has 1 saturated carbocycles. The minimum Gasteiger partial charge on any atom is -0.351 e. The van der Waals surface area contributed by atoms with Crippen LogP contribution in [0.2, 0.25) is 0 Å². The fraction of sp³-hybridized carbons (Fsp3) is 0.231. The van der Waals surface area contributed by atoms with Crippen LogP contribution in [-0.4, -0.2) is 31.3 Å². The van der Waals surface area contributed by atoms with Crippen LogP contribution in [0.1, 0.15) is 41.6 Å². The molecule has 4 rings (SSSR count). The number of aliphatic imine (C=N–C) groups is 1. The first-order valence-electron chi connectivity index (χ1n) is 11.6. The number of amides is 1. The van der Waals surface area contributed by atoms with Crippen LogP contribution in [0.3, 0.4) is 0 Å². The van der Waals surface area contributed by atoms with Gasteiger partial charge < -0.3 is 16.0 Å². The Kier molecular flexibility index (Phi) is 7.92. The van der Waals surface area contributed by atoms with Crippen molar-refractivity contribution in [3.63, 3.8) is 0 Å². The molecule has 1 heterocycles. The average molecular weight is 503 g/mol. The molecular formula is C26H26N6O3S. The Morgan fingerprint density at radius 2 is 1.75 bits per heavy atom. The van der Waals surface area contributed by atoms with Crippen molar-refractivity contribution < 1.29 is 13.2 Å². The van der Waals surface area contributed by atoms with E-state index in [9.17, 15) is 13.2 Å². The second-order valence-corrected chi connectivity index (χ2v) is 10.4. The van der Waals surface area contributed by atoms with Crippen LogP contribution < -0.4 is 16.0 Å². The summed E-state index contributed by atoms with van der Waals surface area (Å²) in [4.78, 5) is 20.5. The molecule has 0 radical (unpaired) electrons. The van der Waals surface area contributed by atoms with E-state index in [0.717, 1.165) is 31.2 Å². The van der Waals surface area contributed by atoms with Crippen LogP contribution in [0.15, 0.2) is 87.8 Å². The Labute approximate surface area is 210 Å². The molecule has 9 nitrogen and oxygen atoms in total. The maximum absolute atomic E-state index is 13.2. The standard InChI is InChI=1S/C26H26N6O3S/c27-18-30-26(32-22-12-14-28-15-13-22)29-17-19-8-10-23(11-9-19)36(34,35)24-7-3-4-20(16-24)25(33)31-21-5-1-2-6-21/h3-4,7-16,21H,1-2,5-6,17H2,(H,31,33)(H2,28,29,30,32). The number of sulfone groups is 1. The monoisotopic (exact) mass is 502 g/mol. The molecule has 0 saturated heterocycles. The van der Waals surface area contributed by atoms with E-state index in [4.69, 9.17) is 5.26 Å².